The molecule has 1 amide bonds. The van der Waals surface area contributed by atoms with Gasteiger partial charge in [0.05, 0.1) is 25.8 Å². The van der Waals surface area contributed by atoms with Crippen molar-refractivity contribution in [2.24, 2.45) is 0 Å². The van der Waals surface area contributed by atoms with E-state index in [2.05, 4.69) is 35.9 Å². The van der Waals surface area contributed by atoms with Crippen molar-refractivity contribution >= 4 is 5.91 Å². The largest absolute Gasteiger partial charge is 0.424 e. The van der Waals surface area contributed by atoms with Crippen LogP contribution in [0.2, 0.25) is 0 Å². The zero-order chi connectivity index (χ0) is 20.1. The molecule has 11 nitrogen and oxygen atoms in total. The Kier molecular flexibility index (Phi) is 5.86. The maximum Gasteiger partial charge on any atom is 0.242 e. The zero-order valence-electron chi connectivity index (χ0n) is 16.1. The van der Waals surface area contributed by atoms with Gasteiger partial charge in [-0.05, 0) is 16.0 Å². The van der Waals surface area contributed by atoms with Gasteiger partial charge >= 0.3 is 0 Å². The number of hydrogen-bond acceptors (Lipinski definition) is 9. The molecule has 11 heteroatoms. The molecule has 1 aromatic carbocycles. The van der Waals surface area contributed by atoms with E-state index in [1.165, 1.54) is 4.68 Å². The Morgan fingerprint density at radius 1 is 1.17 bits per heavy atom. The second kappa shape index (κ2) is 8.88. The van der Waals surface area contributed by atoms with Gasteiger partial charge < -0.3 is 14.5 Å². The summed E-state index contributed by atoms with van der Waals surface area (Å²) in [4.78, 5) is 14.7. The van der Waals surface area contributed by atoms with Gasteiger partial charge in [-0.3, -0.25) is 9.69 Å². The van der Waals surface area contributed by atoms with Crippen LogP contribution >= 0.6 is 0 Å². The summed E-state index contributed by atoms with van der Waals surface area (Å²) in [6.07, 6.45) is 0. The zero-order valence-corrected chi connectivity index (χ0v) is 16.1. The molecule has 0 bridgehead atoms. The third-order valence-electron chi connectivity index (χ3n) is 4.63. The predicted molar refractivity (Wildman–Crippen MR) is 99.4 cm³/mol. The lowest BCUT2D eigenvalue weighted by Gasteiger charge is -2.33. The molecule has 1 N–H and O–H groups in total. The Balaban J connectivity index is 1.51. The summed E-state index contributed by atoms with van der Waals surface area (Å²) in [5, 5.41) is 22.5. The van der Waals surface area contributed by atoms with E-state index < -0.39 is 0 Å². The Morgan fingerprint density at radius 2 is 1.97 bits per heavy atom. The average molecular weight is 398 g/mol. The minimum absolute atomic E-state index is 0.0108. The third-order valence-corrected chi connectivity index (χ3v) is 4.63. The number of morpholine rings is 1. The number of ether oxygens (including phenoxy) is 1. The number of hydrogen-bond donors (Lipinski definition) is 1. The van der Waals surface area contributed by atoms with E-state index >= 15 is 0 Å². The molecule has 4 rings (SSSR count). The first-order valence-electron chi connectivity index (χ1n) is 9.39. The van der Waals surface area contributed by atoms with Crippen LogP contribution in [-0.2, 0) is 22.6 Å². The van der Waals surface area contributed by atoms with Crippen LogP contribution in [0.4, 0.5) is 0 Å². The summed E-state index contributed by atoms with van der Waals surface area (Å²) >= 11 is 0. The average Bonchev–Trinajstić information content (AvgIpc) is 3.37. The maximum absolute atomic E-state index is 12.4. The molecular formula is C18H22N8O3. The number of nitrogens with zero attached hydrogens (tertiary/aromatic N) is 7. The fourth-order valence-corrected chi connectivity index (χ4v) is 3.29. The summed E-state index contributed by atoms with van der Waals surface area (Å²) in [6.45, 7) is 4.65. The molecule has 1 aliphatic heterocycles. The van der Waals surface area contributed by atoms with Crippen molar-refractivity contribution in [1.82, 2.24) is 40.6 Å². The molecule has 3 heterocycles. The van der Waals surface area contributed by atoms with Crippen LogP contribution in [0.25, 0.3) is 0 Å². The van der Waals surface area contributed by atoms with E-state index in [1.807, 2.05) is 30.3 Å². The lowest BCUT2D eigenvalue weighted by Crippen LogP contribution is -2.41. The SMILES string of the molecule is Cc1nnc(CNC(=O)Cn2nnnc2[C@H](c2ccccc2)N2CCOCC2)o1. The van der Waals surface area contributed by atoms with Crippen molar-refractivity contribution in [3.8, 4) is 0 Å². The van der Waals surface area contributed by atoms with Crippen LogP contribution in [0, 0.1) is 6.92 Å². The van der Waals surface area contributed by atoms with Crippen LogP contribution in [0.15, 0.2) is 34.7 Å². The normalized spacial score (nSPS) is 15.9. The number of rotatable bonds is 7. The first-order valence-corrected chi connectivity index (χ1v) is 9.39. The first-order chi connectivity index (χ1) is 14.2. The molecule has 0 spiro atoms. The van der Waals surface area contributed by atoms with E-state index in [9.17, 15) is 4.79 Å². The highest BCUT2D eigenvalue weighted by Crippen LogP contribution is 2.27. The van der Waals surface area contributed by atoms with Crippen molar-refractivity contribution in [2.45, 2.75) is 26.1 Å². The van der Waals surface area contributed by atoms with E-state index in [-0.39, 0.29) is 25.0 Å². The maximum atomic E-state index is 12.4. The molecular weight excluding hydrogens is 376 g/mol. The molecule has 0 aliphatic carbocycles. The van der Waals surface area contributed by atoms with Crippen LogP contribution in [0.3, 0.4) is 0 Å². The molecule has 0 unspecified atom stereocenters. The van der Waals surface area contributed by atoms with Gasteiger partial charge in [-0.2, -0.15) is 0 Å². The van der Waals surface area contributed by atoms with Crippen LogP contribution in [0.1, 0.15) is 29.2 Å². The van der Waals surface area contributed by atoms with Crippen molar-refractivity contribution in [3.63, 3.8) is 0 Å². The highest BCUT2D eigenvalue weighted by atomic mass is 16.5. The number of carbonyl (C=O) groups is 1. The summed E-state index contributed by atoms with van der Waals surface area (Å²) in [6, 6.07) is 9.84. The van der Waals surface area contributed by atoms with E-state index in [4.69, 9.17) is 9.15 Å². The van der Waals surface area contributed by atoms with Crippen molar-refractivity contribution < 1.29 is 13.9 Å². The smallest absolute Gasteiger partial charge is 0.242 e. The topological polar surface area (TPSA) is 124 Å². The van der Waals surface area contributed by atoms with Crippen molar-refractivity contribution in [1.29, 1.82) is 0 Å². The van der Waals surface area contributed by atoms with E-state index in [0.717, 1.165) is 18.7 Å². The van der Waals surface area contributed by atoms with Crippen LogP contribution in [0.5, 0.6) is 0 Å². The molecule has 3 aromatic rings. The standard InChI is InChI=1S/C18H22N8O3/c1-13-20-21-16(29-13)11-19-15(27)12-26-18(22-23-24-26)17(14-5-3-2-4-6-14)25-7-9-28-10-8-25/h2-6,17H,7-12H2,1H3,(H,19,27)/t17-/m0/s1. The lowest BCUT2D eigenvalue weighted by molar-refractivity contribution is -0.122. The second-order valence-corrected chi connectivity index (χ2v) is 6.65. The summed E-state index contributed by atoms with van der Waals surface area (Å²) in [5.74, 6) is 1.17. The van der Waals surface area contributed by atoms with Gasteiger partial charge in [0.2, 0.25) is 17.7 Å². The molecule has 29 heavy (non-hydrogen) atoms. The van der Waals surface area contributed by atoms with E-state index in [0.29, 0.717) is 30.8 Å². The van der Waals surface area contributed by atoms with Gasteiger partial charge in [-0.1, -0.05) is 30.3 Å². The summed E-state index contributed by atoms with van der Waals surface area (Å²) in [5.41, 5.74) is 1.06. The Hall–Kier alpha value is -3.18. The number of carbonyl (C=O) groups excluding carboxylic acids is 1. The van der Waals surface area contributed by atoms with E-state index in [1.54, 1.807) is 6.92 Å². The van der Waals surface area contributed by atoms with Crippen LogP contribution in [-0.4, -0.2) is 67.5 Å². The lowest BCUT2D eigenvalue weighted by atomic mass is 10.0. The Labute approximate surface area is 167 Å². The fraction of sp³-hybridized carbons (Fsp3) is 0.444. The Morgan fingerprint density at radius 3 is 2.69 bits per heavy atom. The molecule has 1 atom stereocenters. The Bertz CT molecular complexity index is 936. The van der Waals surface area contributed by atoms with Gasteiger partial charge in [0, 0.05) is 20.0 Å². The molecule has 152 valence electrons. The second-order valence-electron chi connectivity index (χ2n) is 6.65. The highest BCUT2D eigenvalue weighted by molar-refractivity contribution is 5.75. The van der Waals surface area contributed by atoms with Crippen LogP contribution < -0.4 is 5.32 Å². The van der Waals surface area contributed by atoms with Gasteiger partial charge in [0.1, 0.15) is 6.54 Å². The van der Waals surface area contributed by atoms with Crippen molar-refractivity contribution in [2.75, 3.05) is 26.3 Å². The number of aryl methyl sites for hydroxylation is 1. The highest BCUT2D eigenvalue weighted by Gasteiger charge is 2.29. The van der Waals surface area contributed by atoms with Crippen molar-refractivity contribution in [3.05, 3.63) is 53.5 Å². The number of amides is 1. The fourth-order valence-electron chi connectivity index (χ4n) is 3.29. The molecule has 0 radical (unpaired) electrons. The summed E-state index contributed by atoms with van der Waals surface area (Å²) < 4.78 is 12.3. The summed E-state index contributed by atoms with van der Waals surface area (Å²) in [7, 11) is 0. The van der Waals surface area contributed by atoms with Gasteiger partial charge in [-0.15, -0.1) is 15.3 Å². The minimum atomic E-state index is -0.247. The third kappa shape index (κ3) is 4.63. The number of benzene rings is 1. The minimum Gasteiger partial charge on any atom is -0.424 e. The monoisotopic (exact) mass is 398 g/mol. The quantitative estimate of drug-likeness (QED) is 0.590. The number of tetrazole rings is 1. The molecule has 2 aromatic heterocycles. The molecule has 1 aliphatic rings. The predicted octanol–water partition coefficient (Wildman–Crippen LogP) is 0.103. The van der Waals surface area contributed by atoms with Gasteiger partial charge in [-0.25, -0.2) is 4.68 Å². The van der Waals surface area contributed by atoms with Gasteiger partial charge in [0.25, 0.3) is 0 Å². The number of aromatic nitrogens is 6. The molecule has 1 fully saturated rings. The van der Waals surface area contributed by atoms with Gasteiger partial charge in [0.15, 0.2) is 5.82 Å². The number of nitrogens with one attached hydrogen (secondary N) is 1. The molecule has 0 saturated carbocycles. The molecule has 1 saturated heterocycles. The first kappa shape index (κ1) is 19.2.